The maximum absolute atomic E-state index is 14.6. The van der Waals surface area contributed by atoms with Crippen LogP contribution in [-0.2, 0) is 10.3 Å². The number of rotatable bonds is 3. The molecule has 25 heavy (non-hydrogen) atoms. The highest BCUT2D eigenvalue weighted by atomic mass is 19.1. The van der Waals surface area contributed by atoms with Crippen LogP contribution in [0.25, 0.3) is 11.0 Å². The van der Waals surface area contributed by atoms with E-state index < -0.39 is 42.8 Å². The van der Waals surface area contributed by atoms with Gasteiger partial charge in [0.1, 0.15) is 5.52 Å². The Labute approximate surface area is 155 Å². The Morgan fingerprint density at radius 2 is 2.28 bits per heavy atom. The first-order valence-corrected chi connectivity index (χ1v) is 8.05. The third-order valence-electron chi connectivity index (χ3n) is 4.58. The minimum absolute atomic E-state index is 0.00498. The van der Waals surface area contributed by atoms with Crippen molar-refractivity contribution >= 4 is 22.9 Å². The van der Waals surface area contributed by atoms with Crippen molar-refractivity contribution < 1.29 is 17.4 Å². The van der Waals surface area contributed by atoms with Crippen molar-refractivity contribution in [2.75, 3.05) is 5.32 Å². The first-order valence-electron chi connectivity index (χ1n) is 11.1. The molecule has 0 atom stereocenters. The van der Waals surface area contributed by atoms with Gasteiger partial charge < -0.3 is 4.57 Å². The van der Waals surface area contributed by atoms with E-state index in [9.17, 15) is 14.4 Å². The maximum Gasteiger partial charge on any atom is 0.227 e. The molecule has 0 saturated heterocycles. The summed E-state index contributed by atoms with van der Waals surface area (Å²) in [6.45, 7) is -2.88. The molecule has 2 aromatic rings. The van der Waals surface area contributed by atoms with Crippen LogP contribution in [0.4, 0.5) is 10.3 Å². The van der Waals surface area contributed by atoms with Gasteiger partial charge in [-0.2, -0.15) is 5.26 Å². The zero-order valence-electron chi connectivity index (χ0n) is 20.1. The van der Waals surface area contributed by atoms with E-state index in [2.05, 4.69) is 10.3 Å². The smallest absolute Gasteiger partial charge is 0.227 e. The molecule has 1 fully saturated rings. The van der Waals surface area contributed by atoms with Crippen molar-refractivity contribution in [1.29, 1.82) is 5.26 Å². The quantitative estimate of drug-likeness (QED) is 0.898. The fourth-order valence-electron chi connectivity index (χ4n) is 3.23. The van der Waals surface area contributed by atoms with Gasteiger partial charge in [0.25, 0.3) is 0 Å². The van der Waals surface area contributed by atoms with Crippen LogP contribution in [0.2, 0.25) is 0 Å². The molecule has 1 aromatic heterocycles. The van der Waals surface area contributed by atoms with E-state index >= 15 is 0 Å². The molecule has 0 unspecified atom stereocenters. The van der Waals surface area contributed by atoms with Crippen LogP contribution >= 0.6 is 0 Å². The minimum Gasteiger partial charge on any atom is -0.304 e. The molecule has 1 amide bonds. The molecule has 6 heteroatoms. The van der Waals surface area contributed by atoms with E-state index in [4.69, 9.17) is 8.22 Å². The summed E-state index contributed by atoms with van der Waals surface area (Å²) in [4.78, 5) is 17.0. The zero-order chi connectivity index (χ0) is 23.4. The Morgan fingerprint density at radius 3 is 2.84 bits per heavy atom. The predicted octanol–water partition coefficient (Wildman–Crippen LogP) is 4.32. The number of hydrogen-bond acceptors (Lipinski definition) is 3. The van der Waals surface area contributed by atoms with Gasteiger partial charge in [-0.05, 0) is 43.7 Å². The Morgan fingerprint density at radius 1 is 1.56 bits per heavy atom. The zero-order valence-corrected chi connectivity index (χ0v) is 14.1. The van der Waals surface area contributed by atoms with Gasteiger partial charge in [0, 0.05) is 20.2 Å². The number of fused-ring (bicyclic) bond motifs is 1. The van der Waals surface area contributed by atoms with Crippen molar-refractivity contribution in [2.45, 2.75) is 58.8 Å². The Balaban J connectivity index is 2.05. The van der Waals surface area contributed by atoms with Gasteiger partial charge in [0.15, 0.2) is 5.82 Å². The summed E-state index contributed by atoms with van der Waals surface area (Å²) in [6.07, 6.45) is 1.59. The Kier molecular flexibility index (Phi) is 2.62. The van der Waals surface area contributed by atoms with Crippen LogP contribution in [0.15, 0.2) is 12.1 Å². The Bertz CT molecular complexity index is 1060. The van der Waals surface area contributed by atoms with Crippen LogP contribution in [0.3, 0.4) is 0 Å². The van der Waals surface area contributed by atoms with Gasteiger partial charge in [-0.25, -0.2) is 9.37 Å². The lowest BCUT2D eigenvalue weighted by Gasteiger charge is -2.41. The molecule has 0 radical (unpaired) electrons. The number of halogens is 1. The number of anilines is 1. The molecule has 1 heterocycles. The molecule has 3 rings (SSSR count). The number of carbonyl (C=O) groups is 1. The highest BCUT2D eigenvalue weighted by molar-refractivity contribution is 5.92. The molecule has 5 nitrogen and oxygen atoms in total. The summed E-state index contributed by atoms with van der Waals surface area (Å²) in [7, 11) is 0. The van der Waals surface area contributed by atoms with Gasteiger partial charge >= 0.3 is 0 Å². The minimum atomic E-state index is -2.91. The molecule has 1 aromatic carbocycles. The SMILES string of the molecule is [2H]C([2H])([2H])C(C)(CC(=O)Nc1nc2c(F)cc(C#N)cc2n1C1(C)CCC1)C([2H])([2H])[2H]. The van der Waals surface area contributed by atoms with Crippen molar-refractivity contribution in [2.24, 2.45) is 5.41 Å². The number of aromatic nitrogens is 2. The van der Waals surface area contributed by atoms with E-state index in [-0.39, 0.29) is 17.0 Å². The molecule has 1 aliphatic carbocycles. The highest BCUT2D eigenvalue weighted by Gasteiger charge is 2.37. The van der Waals surface area contributed by atoms with Crippen LogP contribution in [0.1, 0.15) is 67.0 Å². The van der Waals surface area contributed by atoms with Crippen LogP contribution in [0.5, 0.6) is 0 Å². The molecule has 1 saturated carbocycles. The fraction of sp³-hybridized carbons (Fsp3) is 0.526. The summed E-state index contributed by atoms with van der Waals surface area (Å²) in [5.41, 5.74) is -2.35. The normalized spacial score (nSPS) is 20.9. The van der Waals surface area contributed by atoms with Crippen molar-refractivity contribution in [3.05, 3.63) is 23.5 Å². The highest BCUT2D eigenvalue weighted by Crippen LogP contribution is 2.43. The summed E-state index contributed by atoms with van der Waals surface area (Å²) >= 11 is 0. The second kappa shape index (κ2) is 5.83. The Hall–Kier alpha value is -2.42. The van der Waals surface area contributed by atoms with Crippen molar-refractivity contribution in [3.8, 4) is 6.07 Å². The third-order valence-corrected chi connectivity index (χ3v) is 4.58. The van der Waals surface area contributed by atoms with Crippen LogP contribution in [-0.4, -0.2) is 15.5 Å². The first kappa shape index (κ1) is 11.2. The molecule has 1 aliphatic rings. The first-order chi connectivity index (χ1) is 14.1. The van der Waals surface area contributed by atoms with Crippen molar-refractivity contribution in [1.82, 2.24) is 9.55 Å². The standard InChI is InChI=1S/C19H23FN4O/c1-18(2,3)10-15(25)22-17-23-16-13(20)8-12(11-21)9-14(16)24(17)19(4)6-5-7-19/h8-9H,5-7,10H2,1-4H3,(H,22,23,25)/i1D3,2D3. The summed E-state index contributed by atoms with van der Waals surface area (Å²) in [6, 6.07) is 4.43. The number of hydrogen-bond donors (Lipinski definition) is 1. The second-order valence-electron chi connectivity index (χ2n) is 7.12. The largest absolute Gasteiger partial charge is 0.304 e. The van der Waals surface area contributed by atoms with Gasteiger partial charge in [-0.1, -0.05) is 20.6 Å². The average molecular weight is 348 g/mol. The van der Waals surface area contributed by atoms with E-state index in [1.807, 2.05) is 13.0 Å². The topological polar surface area (TPSA) is 70.7 Å². The number of nitriles is 1. The monoisotopic (exact) mass is 348 g/mol. The number of benzene rings is 1. The molecule has 0 bridgehead atoms. The van der Waals surface area contributed by atoms with Crippen LogP contribution in [0, 0.1) is 22.6 Å². The molecule has 1 N–H and O–H groups in total. The number of nitrogens with zero attached hydrogens (tertiary/aromatic N) is 3. The van der Waals surface area contributed by atoms with Gasteiger partial charge in [0.05, 0.1) is 17.1 Å². The molecule has 0 spiro atoms. The van der Waals surface area contributed by atoms with Crippen molar-refractivity contribution in [3.63, 3.8) is 0 Å². The number of amides is 1. The lowest BCUT2D eigenvalue weighted by Crippen LogP contribution is -2.38. The van der Waals surface area contributed by atoms with E-state index in [1.54, 1.807) is 4.57 Å². The molecule has 132 valence electrons. The maximum atomic E-state index is 14.6. The summed E-state index contributed by atoms with van der Waals surface area (Å²) in [5.74, 6) is -1.58. The average Bonchev–Trinajstić information content (AvgIpc) is 2.96. The molecular weight excluding hydrogens is 319 g/mol. The molecule has 0 aliphatic heterocycles. The molecular formula is C19H23FN4O. The number of nitrogens with one attached hydrogen (secondary N) is 1. The fourth-order valence-corrected chi connectivity index (χ4v) is 3.23. The van der Waals surface area contributed by atoms with Gasteiger partial charge in [-0.15, -0.1) is 0 Å². The second-order valence-corrected chi connectivity index (χ2v) is 7.12. The third kappa shape index (κ3) is 3.23. The van der Waals surface area contributed by atoms with E-state index in [0.29, 0.717) is 5.52 Å². The van der Waals surface area contributed by atoms with Gasteiger partial charge in [-0.3, -0.25) is 10.1 Å². The lowest BCUT2D eigenvalue weighted by atomic mass is 9.78. The number of imidazole rings is 1. The summed E-state index contributed by atoms with van der Waals surface area (Å²) in [5, 5.41) is 11.7. The number of carbonyl (C=O) groups excluding carboxylic acids is 1. The summed E-state index contributed by atoms with van der Waals surface area (Å²) < 4.78 is 62.1. The predicted molar refractivity (Wildman–Crippen MR) is 94.6 cm³/mol. The van der Waals surface area contributed by atoms with E-state index in [1.165, 1.54) is 6.07 Å². The van der Waals surface area contributed by atoms with Crippen LogP contribution < -0.4 is 5.32 Å². The van der Waals surface area contributed by atoms with Gasteiger partial charge in [0.2, 0.25) is 11.9 Å². The lowest BCUT2D eigenvalue weighted by molar-refractivity contribution is -0.117. The van der Waals surface area contributed by atoms with E-state index in [0.717, 1.165) is 32.3 Å².